The van der Waals surface area contributed by atoms with Crippen molar-refractivity contribution in [3.05, 3.63) is 95.6 Å². The zero-order valence-electron chi connectivity index (χ0n) is 14.3. The van der Waals surface area contributed by atoms with E-state index in [1.165, 1.54) is 5.56 Å². The molecular weight excluding hydrogens is 308 g/mol. The fourth-order valence-corrected chi connectivity index (χ4v) is 2.58. The fraction of sp³-hybridized carbons (Fsp3) is 0.136. The zero-order chi connectivity index (χ0) is 17.5. The van der Waals surface area contributed by atoms with Gasteiger partial charge in [0.25, 0.3) is 5.91 Å². The molecule has 0 atom stereocenters. The molecule has 126 valence electrons. The van der Waals surface area contributed by atoms with Crippen LogP contribution in [0, 0.1) is 6.92 Å². The second-order valence-electron chi connectivity index (χ2n) is 6.06. The quantitative estimate of drug-likeness (QED) is 0.675. The highest BCUT2D eigenvalue weighted by Gasteiger charge is 2.05. The minimum Gasteiger partial charge on any atom is -0.385 e. The van der Waals surface area contributed by atoms with Crippen molar-refractivity contribution in [2.75, 3.05) is 17.2 Å². The number of hydrogen-bond donors (Lipinski definition) is 2. The molecule has 3 aromatic rings. The Labute approximate surface area is 148 Å². The fourth-order valence-electron chi connectivity index (χ4n) is 2.58. The van der Waals surface area contributed by atoms with Crippen molar-refractivity contribution in [2.24, 2.45) is 0 Å². The van der Waals surface area contributed by atoms with Gasteiger partial charge < -0.3 is 10.6 Å². The molecule has 0 saturated carbocycles. The van der Waals surface area contributed by atoms with Crippen LogP contribution in [0.15, 0.2) is 78.9 Å². The molecule has 25 heavy (non-hydrogen) atoms. The molecule has 0 aliphatic rings. The molecule has 3 rings (SSSR count). The van der Waals surface area contributed by atoms with Crippen molar-refractivity contribution < 1.29 is 4.79 Å². The van der Waals surface area contributed by atoms with Crippen molar-refractivity contribution in [1.29, 1.82) is 0 Å². The van der Waals surface area contributed by atoms with Crippen LogP contribution >= 0.6 is 0 Å². The van der Waals surface area contributed by atoms with Gasteiger partial charge in [0.05, 0.1) is 0 Å². The van der Waals surface area contributed by atoms with Gasteiger partial charge in [0, 0.05) is 23.5 Å². The van der Waals surface area contributed by atoms with Crippen LogP contribution in [-0.2, 0) is 6.42 Å². The van der Waals surface area contributed by atoms with Gasteiger partial charge in [-0.15, -0.1) is 0 Å². The van der Waals surface area contributed by atoms with Gasteiger partial charge in [-0.3, -0.25) is 4.79 Å². The average Bonchev–Trinajstić information content (AvgIpc) is 2.64. The molecule has 0 aromatic heterocycles. The van der Waals surface area contributed by atoms with E-state index in [0.29, 0.717) is 5.56 Å². The second-order valence-corrected chi connectivity index (χ2v) is 6.06. The molecule has 0 saturated heterocycles. The lowest BCUT2D eigenvalue weighted by Gasteiger charge is -2.09. The zero-order valence-corrected chi connectivity index (χ0v) is 14.3. The molecule has 0 radical (unpaired) electrons. The molecule has 3 nitrogen and oxygen atoms in total. The third kappa shape index (κ3) is 4.95. The Kier molecular flexibility index (Phi) is 5.47. The molecule has 0 spiro atoms. The number of nitrogens with one attached hydrogen (secondary N) is 2. The summed E-state index contributed by atoms with van der Waals surface area (Å²) < 4.78 is 0. The summed E-state index contributed by atoms with van der Waals surface area (Å²) in [7, 11) is 0. The SMILES string of the molecule is Cc1ccc(C(=O)Nc2ccc(NCCc3ccccc3)cc2)cc1. The van der Waals surface area contributed by atoms with Crippen LogP contribution in [-0.4, -0.2) is 12.5 Å². The van der Waals surface area contributed by atoms with Crippen molar-refractivity contribution in [3.63, 3.8) is 0 Å². The highest BCUT2D eigenvalue weighted by atomic mass is 16.1. The van der Waals surface area contributed by atoms with Crippen molar-refractivity contribution in [3.8, 4) is 0 Å². The molecule has 0 fully saturated rings. The van der Waals surface area contributed by atoms with Crippen LogP contribution in [0.4, 0.5) is 11.4 Å². The average molecular weight is 330 g/mol. The van der Waals surface area contributed by atoms with E-state index in [9.17, 15) is 4.79 Å². The molecule has 0 bridgehead atoms. The summed E-state index contributed by atoms with van der Waals surface area (Å²) in [5.41, 5.74) is 4.96. The summed E-state index contributed by atoms with van der Waals surface area (Å²) in [6.45, 7) is 2.88. The highest BCUT2D eigenvalue weighted by molar-refractivity contribution is 6.04. The summed E-state index contributed by atoms with van der Waals surface area (Å²) in [4.78, 5) is 12.2. The predicted octanol–water partition coefficient (Wildman–Crippen LogP) is 4.90. The smallest absolute Gasteiger partial charge is 0.255 e. The Morgan fingerprint density at radius 1 is 0.800 bits per heavy atom. The van der Waals surface area contributed by atoms with Gasteiger partial charge in [-0.05, 0) is 55.3 Å². The number of benzene rings is 3. The van der Waals surface area contributed by atoms with Crippen LogP contribution in [0.2, 0.25) is 0 Å². The van der Waals surface area contributed by atoms with Gasteiger partial charge in [-0.1, -0.05) is 48.0 Å². The van der Waals surface area contributed by atoms with E-state index >= 15 is 0 Å². The molecule has 0 unspecified atom stereocenters. The monoisotopic (exact) mass is 330 g/mol. The van der Waals surface area contributed by atoms with Crippen LogP contribution < -0.4 is 10.6 Å². The van der Waals surface area contributed by atoms with Crippen LogP contribution in [0.25, 0.3) is 0 Å². The minimum atomic E-state index is -0.0928. The third-order valence-corrected chi connectivity index (χ3v) is 4.04. The summed E-state index contributed by atoms with van der Waals surface area (Å²) in [6.07, 6.45) is 0.979. The Hall–Kier alpha value is -3.07. The maximum Gasteiger partial charge on any atom is 0.255 e. The van der Waals surface area contributed by atoms with E-state index in [2.05, 4.69) is 34.9 Å². The van der Waals surface area contributed by atoms with E-state index in [-0.39, 0.29) is 5.91 Å². The summed E-state index contributed by atoms with van der Waals surface area (Å²) in [6, 6.07) is 25.7. The Balaban J connectivity index is 1.51. The van der Waals surface area contributed by atoms with E-state index in [4.69, 9.17) is 0 Å². The normalized spacial score (nSPS) is 10.3. The highest BCUT2D eigenvalue weighted by Crippen LogP contribution is 2.15. The molecule has 0 aliphatic heterocycles. The van der Waals surface area contributed by atoms with E-state index < -0.39 is 0 Å². The lowest BCUT2D eigenvalue weighted by atomic mass is 10.1. The Bertz CT molecular complexity index is 809. The lowest BCUT2D eigenvalue weighted by molar-refractivity contribution is 0.102. The molecular formula is C22H22N2O. The van der Waals surface area contributed by atoms with Gasteiger partial charge in [0.1, 0.15) is 0 Å². The maximum absolute atomic E-state index is 12.2. The van der Waals surface area contributed by atoms with E-state index in [0.717, 1.165) is 29.9 Å². The Morgan fingerprint density at radius 3 is 2.12 bits per heavy atom. The summed E-state index contributed by atoms with van der Waals surface area (Å²) >= 11 is 0. The van der Waals surface area contributed by atoms with Crippen molar-refractivity contribution in [1.82, 2.24) is 0 Å². The van der Waals surface area contributed by atoms with Gasteiger partial charge in [-0.2, -0.15) is 0 Å². The van der Waals surface area contributed by atoms with Crippen molar-refractivity contribution in [2.45, 2.75) is 13.3 Å². The first kappa shape index (κ1) is 16.8. The lowest BCUT2D eigenvalue weighted by Crippen LogP contribution is -2.11. The number of carbonyl (C=O) groups is 1. The number of carbonyl (C=O) groups excluding carboxylic acids is 1. The number of hydrogen-bond acceptors (Lipinski definition) is 2. The molecule has 0 heterocycles. The molecule has 0 aliphatic carbocycles. The first-order valence-electron chi connectivity index (χ1n) is 8.46. The van der Waals surface area contributed by atoms with E-state index in [1.54, 1.807) is 0 Å². The number of anilines is 2. The minimum absolute atomic E-state index is 0.0928. The molecule has 3 aromatic carbocycles. The predicted molar refractivity (Wildman–Crippen MR) is 104 cm³/mol. The standard InChI is InChI=1S/C22H22N2O/c1-17-7-9-19(10-8-17)22(25)24-21-13-11-20(12-14-21)23-16-15-18-5-3-2-4-6-18/h2-14,23H,15-16H2,1H3,(H,24,25). The summed E-state index contributed by atoms with van der Waals surface area (Å²) in [5, 5.41) is 6.32. The second kappa shape index (κ2) is 8.15. The molecule has 3 heteroatoms. The largest absolute Gasteiger partial charge is 0.385 e. The van der Waals surface area contributed by atoms with Crippen LogP contribution in [0.3, 0.4) is 0 Å². The van der Waals surface area contributed by atoms with Gasteiger partial charge in [0.2, 0.25) is 0 Å². The first-order valence-corrected chi connectivity index (χ1v) is 8.46. The number of aryl methyl sites for hydroxylation is 1. The topological polar surface area (TPSA) is 41.1 Å². The third-order valence-electron chi connectivity index (χ3n) is 4.04. The Morgan fingerprint density at radius 2 is 1.44 bits per heavy atom. The molecule has 1 amide bonds. The van der Waals surface area contributed by atoms with Gasteiger partial charge >= 0.3 is 0 Å². The maximum atomic E-state index is 12.2. The van der Waals surface area contributed by atoms with Crippen LogP contribution in [0.5, 0.6) is 0 Å². The van der Waals surface area contributed by atoms with Crippen molar-refractivity contribution >= 4 is 17.3 Å². The van der Waals surface area contributed by atoms with Gasteiger partial charge in [-0.25, -0.2) is 0 Å². The number of amides is 1. The van der Waals surface area contributed by atoms with Gasteiger partial charge in [0.15, 0.2) is 0 Å². The molecule has 2 N–H and O–H groups in total. The number of rotatable bonds is 6. The van der Waals surface area contributed by atoms with E-state index in [1.807, 2.05) is 61.5 Å². The first-order chi connectivity index (χ1) is 12.2. The van der Waals surface area contributed by atoms with Crippen LogP contribution in [0.1, 0.15) is 21.5 Å². The summed E-state index contributed by atoms with van der Waals surface area (Å²) in [5.74, 6) is -0.0928.